The number of fused-ring (bicyclic) bond motifs is 1. The molecule has 1 aromatic carbocycles. The Morgan fingerprint density at radius 3 is 2.68 bits per heavy atom. The normalized spacial score (nSPS) is 18.6. The molecule has 5 heteroatoms. The zero-order valence-electron chi connectivity index (χ0n) is 10.6. The third kappa shape index (κ3) is 1.97. The Labute approximate surface area is 110 Å². The van der Waals surface area contributed by atoms with Crippen LogP contribution in [0.2, 0.25) is 0 Å². The summed E-state index contributed by atoms with van der Waals surface area (Å²) in [6.07, 6.45) is 0.231. The SMILES string of the molecule is Cn1[nH]c2c(c1=O)C(c1ccccc1)CNC(=O)C2. The zero-order chi connectivity index (χ0) is 13.4. The first kappa shape index (κ1) is 11.8. The van der Waals surface area contributed by atoms with E-state index in [9.17, 15) is 9.59 Å². The summed E-state index contributed by atoms with van der Waals surface area (Å²) in [4.78, 5) is 24.0. The van der Waals surface area contributed by atoms with Gasteiger partial charge in [0.15, 0.2) is 0 Å². The second-order valence-electron chi connectivity index (χ2n) is 4.81. The van der Waals surface area contributed by atoms with Gasteiger partial charge in [-0.2, -0.15) is 0 Å². The Bertz CT molecular complexity index is 670. The van der Waals surface area contributed by atoms with Gasteiger partial charge in [-0.3, -0.25) is 19.4 Å². The molecule has 0 aliphatic carbocycles. The molecule has 1 aliphatic rings. The minimum Gasteiger partial charge on any atom is -0.355 e. The van der Waals surface area contributed by atoms with Gasteiger partial charge in [0.05, 0.1) is 12.1 Å². The van der Waals surface area contributed by atoms with Crippen molar-refractivity contribution in [2.75, 3.05) is 6.54 Å². The van der Waals surface area contributed by atoms with Crippen LogP contribution in [0.5, 0.6) is 0 Å². The van der Waals surface area contributed by atoms with E-state index in [1.807, 2.05) is 30.3 Å². The average Bonchev–Trinajstić information content (AvgIpc) is 2.60. The lowest BCUT2D eigenvalue weighted by molar-refractivity contribution is -0.120. The summed E-state index contributed by atoms with van der Waals surface area (Å²) >= 11 is 0. The van der Waals surface area contributed by atoms with Gasteiger partial charge in [0.25, 0.3) is 5.56 Å². The molecule has 0 fully saturated rings. The summed E-state index contributed by atoms with van der Waals surface area (Å²) in [5.41, 5.74) is 2.41. The lowest BCUT2D eigenvalue weighted by Crippen LogP contribution is -2.29. The molecule has 0 saturated heterocycles. The predicted molar refractivity (Wildman–Crippen MR) is 71.0 cm³/mol. The number of carbonyl (C=O) groups is 1. The van der Waals surface area contributed by atoms with Gasteiger partial charge in [0.2, 0.25) is 5.91 Å². The van der Waals surface area contributed by atoms with E-state index in [4.69, 9.17) is 0 Å². The minimum absolute atomic E-state index is 0.0541. The topological polar surface area (TPSA) is 66.9 Å². The van der Waals surface area contributed by atoms with Gasteiger partial charge in [-0.25, -0.2) is 0 Å². The van der Waals surface area contributed by atoms with Crippen LogP contribution in [0.4, 0.5) is 0 Å². The van der Waals surface area contributed by atoms with Crippen molar-refractivity contribution >= 4 is 5.91 Å². The summed E-state index contributed by atoms with van der Waals surface area (Å²) in [5.74, 6) is -0.144. The van der Waals surface area contributed by atoms with Crippen LogP contribution in [-0.2, 0) is 18.3 Å². The third-order valence-corrected chi connectivity index (χ3v) is 3.55. The van der Waals surface area contributed by atoms with Crippen molar-refractivity contribution in [2.24, 2.45) is 7.05 Å². The number of carbonyl (C=O) groups excluding carboxylic acids is 1. The lowest BCUT2D eigenvalue weighted by atomic mass is 9.91. The van der Waals surface area contributed by atoms with Crippen LogP contribution in [0.25, 0.3) is 0 Å². The monoisotopic (exact) mass is 257 g/mol. The Morgan fingerprint density at radius 1 is 1.21 bits per heavy atom. The van der Waals surface area contributed by atoms with Crippen molar-refractivity contribution in [3.63, 3.8) is 0 Å². The molecule has 1 aliphatic heterocycles. The highest BCUT2D eigenvalue weighted by Crippen LogP contribution is 2.25. The van der Waals surface area contributed by atoms with Gasteiger partial charge < -0.3 is 5.32 Å². The first-order valence-electron chi connectivity index (χ1n) is 6.26. The predicted octanol–water partition coefficient (Wildman–Crippen LogP) is 0.518. The van der Waals surface area contributed by atoms with E-state index in [0.717, 1.165) is 11.3 Å². The van der Waals surface area contributed by atoms with Crippen molar-refractivity contribution in [1.82, 2.24) is 15.1 Å². The van der Waals surface area contributed by atoms with Gasteiger partial charge in [-0.1, -0.05) is 30.3 Å². The molecular weight excluding hydrogens is 242 g/mol. The summed E-state index contributed by atoms with van der Waals surface area (Å²) in [6, 6.07) is 9.79. The second kappa shape index (κ2) is 4.42. The largest absolute Gasteiger partial charge is 0.355 e. The number of aryl methyl sites for hydroxylation is 1. The molecule has 1 atom stereocenters. The van der Waals surface area contributed by atoms with Crippen molar-refractivity contribution in [3.05, 3.63) is 57.5 Å². The van der Waals surface area contributed by atoms with E-state index in [2.05, 4.69) is 10.4 Å². The molecule has 98 valence electrons. The fourth-order valence-corrected chi connectivity index (χ4v) is 2.63. The number of amides is 1. The summed E-state index contributed by atoms with van der Waals surface area (Å²) in [6.45, 7) is 0.461. The highest BCUT2D eigenvalue weighted by atomic mass is 16.2. The van der Waals surface area contributed by atoms with Gasteiger partial charge in [-0.05, 0) is 5.56 Å². The molecule has 1 unspecified atom stereocenters. The first-order chi connectivity index (χ1) is 9.16. The van der Waals surface area contributed by atoms with E-state index in [0.29, 0.717) is 12.1 Å². The van der Waals surface area contributed by atoms with E-state index in [1.54, 1.807) is 7.05 Å². The second-order valence-corrected chi connectivity index (χ2v) is 4.81. The first-order valence-corrected chi connectivity index (χ1v) is 6.26. The van der Waals surface area contributed by atoms with Gasteiger partial charge in [-0.15, -0.1) is 0 Å². The standard InChI is InChI=1S/C14H15N3O2/c1-17-14(19)13-10(9-5-3-2-4-6-9)8-15-12(18)7-11(13)16-17/h2-6,10,16H,7-8H2,1H3,(H,15,18). The Balaban J connectivity index is 2.17. The number of aromatic amines is 1. The number of hydrogen-bond donors (Lipinski definition) is 2. The molecule has 2 heterocycles. The molecule has 0 bridgehead atoms. The van der Waals surface area contributed by atoms with E-state index < -0.39 is 0 Å². The maximum Gasteiger partial charge on any atom is 0.270 e. The molecule has 0 saturated carbocycles. The number of rotatable bonds is 1. The summed E-state index contributed by atoms with van der Waals surface area (Å²) in [7, 11) is 1.68. The average molecular weight is 257 g/mol. The smallest absolute Gasteiger partial charge is 0.270 e. The van der Waals surface area contributed by atoms with Crippen LogP contribution in [-0.4, -0.2) is 22.2 Å². The number of nitrogens with zero attached hydrogens (tertiary/aromatic N) is 1. The molecule has 0 radical (unpaired) electrons. The Hall–Kier alpha value is -2.30. The van der Waals surface area contributed by atoms with E-state index in [-0.39, 0.29) is 23.8 Å². The van der Waals surface area contributed by atoms with Crippen molar-refractivity contribution in [3.8, 4) is 0 Å². The molecule has 5 nitrogen and oxygen atoms in total. The molecule has 0 spiro atoms. The Kier molecular flexibility index (Phi) is 2.74. The highest BCUT2D eigenvalue weighted by molar-refractivity contribution is 5.79. The molecule has 1 amide bonds. The number of H-pyrrole nitrogens is 1. The highest BCUT2D eigenvalue weighted by Gasteiger charge is 2.28. The van der Waals surface area contributed by atoms with Crippen LogP contribution >= 0.6 is 0 Å². The number of aromatic nitrogens is 2. The third-order valence-electron chi connectivity index (χ3n) is 3.55. The molecule has 3 rings (SSSR count). The number of benzene rings is 1. The van der Waals surface area contributed by atoms with Gasteiger partial charge >= 0.3 is 0 Å². The number of nitrogens with one attached hydrogen (secondary N) is 2. The minimum atomic E-state index is -0.0902. The fourth-order valence-electron chi connectivity index (χ4n) is 2.63. The molecule has 2 aromatic rings. The molecule has 19 heavy (non-hydrogen) atoms. The lowest BCUT2D eigenvalue weighted by Gasteiger charge is -2.14. The summed E-state index contributed by atoms with van der Waals surface area (Å²) in [5, 5.41) is 5.84. The van der Waals surface area contributed by atoms with Crippen molar-refractivity contribution < 1.29 is 4.79 Å². The van der Waals surface area contributed by atoms with E-state index >= 15 is 0 Å². The molecule has 2 N–H and O–H groups in total. The van der Waals surface area contributed by atoms with Crippen LogP contribution in [0.3, 0.4) is 0 Å². The molecule has 1 aromatic heterocycles. The molecular formula is C14H15N3O2. The van der Waals surface area contributed by atoms with Crippen LogP contribution in [0, 0.1) is 0 Å². The maximum atomic E-state index is 12.2. The Morgan fingerprint density at radius 2 is 1.95 bits per heavy atom. The summed E-state index contributed by atoms with van der Waals surface area (Å²) < 4.78 is 1.44. The zero-order valence-corrected chi connectivity index (χ0v) is 10.6. The van der Waals surface area contributed by atoms with Crippen LogP contribution < -0.4 is 10.9 Å². The van der Waals surface area contributed by atoms with Gasteiger partial charge in [0, 0.05) is 25.1 Å². The van der Waals surface area contributed by atoms with Crippen LogP contribution in [0.1, 0.15) is 22.7 Å². The van der Waals surface area contributed by atoms with Crippen molar-refractivity contribution in [2.45, 2.75) is 12.3 Å². The van der Waals surface area contributed by atoms with Crippen molar-refractivity contribution in [1.29, 1.82) is 0 Å². The fraction of sp³-hybridized carbons (Fsp3) is 0.286. The number of hydrogen-bond acceptors (Lipinski definition) is 2. The van der Waals surface area contributed by atoms with Crippen LogP contribution in [0.15, 0.2) is 35.1 Å². The van der Waals surface area contributed by atoms with E-state index in [1.165, 1.54) is 4.68 Å². The maximum absolute atomic E-state index is 12.2. The quantitative estimate of drug-likeness (QED) is 0.782. The van der Waals surface area contributed by atoms with Gasteiger partial charge in [0.1, 0.15) is 0 Å².